The van der Waals surface area contributed by atoms with Gasteiger partial charge < -0.3 is 10.3 Å². The molecule has 7 nitrogen and oxygen atoms in total. The molecule has 0 radical (unpaired) electrons. The average Bonchev–Trinajstić information content (AvgIpc) is 3.29. The Morgan fingerprint density at radius 1 is 1.25 bits per heavy atom. The molecule has 0 aliphatic carbocycles. The van der Waals surface area contributed by atoms with Gasteiger partial charge in [0.1, 0.15) is 5.82 Å². The highest BCUT2D eigenvalue weighted by Crippen LogP contribution is 2.20. The number of carbonyl (C=O) groups excluding carboxylic acids is 1. The standard InChI is InChI=1S/C21H24N6O/c1-4-5-6-19-25-17-8-7-16(10-18(17)26-19)24-21(28)15-9-14-12-23-27(13(2)3)20(14)22-11-15/h7-13H,4-6H2,1-3H3,(H,24,28)(H,25,26). The number of pyridine rings is 1. The number of carbonyl (C=O) groups is 1. The SMILES string of the molecule is CCCCc1nc2ccc(NC(=O)c3cnc4c(cnn4C(C)C)c3)cc2[nH]1. The van der Waals surface area contributed by atoms with Crippen LogP contribution in [-0.4, -0.2) is 30.6 Å². The van der Waals surface area contributed by atoms with Gasteiger partial charge in [0.05, 0.1) is 22.8 Å². The van der Waals surface area contributed by atoms with E-state index in [1.807, 2.05) is 42.8 Å². The smallest absolute Gasteiger partial charge is 0.257 e. The van der Waals surface area contributed by atoms with Crippen LogP contribution < -0.4 is 5.32 Å². The van der Waals surface area contributed by atoms with Crippen LogP contribution in [0.15, 0.2) is 36.7 Å². The topological polar surface area (TPSA) is 88.5 Å². The summed E-state index contributed by atoms with van der Waals surface area (Å²) in [6, 6.07) is 7.74. The molecule has 0 aliphatic heterocycles. The Kier molecular flexibility index (Phi) is 4.81. The van der Waals surface area contributed by atoms with Crippen molar-refractivity contribution in [2.45, 2.75) is 46.1 Å². The second-order valence-electron chi connectivity index (χ2n) is 7.29. The first-order chi connectivity index (χ1) is 13.5. The number of aromatic nitrogens is 5. The molecule has 0 saturated carbocycles. The number of fused-ring (bicyclic) bond motifs is 2. The highest BCUT2D eigenvalue weighted by molar-refractivity contribution is 6.06. The van der Waals surface area contributed by atoms with Crippen molar-refractivity contribution >= 4 is 33.7 Å². The number of hydrogen-bond acceptors (Lipinski definition) is 4. The number of unbranched alkanes of at least 4 members (excludes halogenated alkanes) is 1. The minimum Gasteiger partial charge on any atom is -0.342 e. The van der Waals surface area contributed by atoms with Gasteiger partial charge in [-0.3, -0.25) is 4.79 Å². The van der Waals surface area contributed by atoms with Crippen molar-refractivity contribution in [3.05, 3.63) is 48.0 Å². The fraction of sp³-hybridized carbons (Fsp3) is 0.333. The van der Waals surface area contributed by atoms with Crippen molar-refractivity contribution in [2.24, 2.45) is 0 Å². The van der Waals surface area contributed by atoms with Crippen LogP contribution in [0.1, 0.15) is 55.8 Å². The first kappa shape index (κ1) is 18.2. The fourth-order valence-electron chi connectivity index (χ4n) is 3.25. The van der Waals surface area contributed by atoms with Gasteiger partial charge in [-0.1, -0.05) is 13.3 Å². The summed E-state index contributed by atoms with van der Waals surface area (Å²) in [5, 5.41) is 8.14. The van der Waals surface area contributed by atoms with E-state index in [0.29, 0.717) is 5.56 Å². The number of imidazole rings is 1. The van der Waals surface area contributed by atoms with Crippen LogP contribution in [0.5, 0.6) is 0 Å². The molecular formula is C21H24N6O. The van der Waals surface area contributed by atoms with Gasteiger partial charge in [-0.25, -0.2) is 14.6 Å². The molecule has 1 amide bonds. The normalized spacial score (nSPS) is 11.6. The van der Waals surface area contributed by atoms with Crippen molar-refractivity contribution < 1.29 is 4.79 Å². The Hall–Kier alpha value is -3.22. The van der Waals surface area contributed by atoms with E-state index in [-0.39, 0.29) is 11.9 Å². The second kappa shape index (κ2) is 7.42. The molecule has 0 saturated heterocycles. The van der Waals surface area contributed by atoms with Crippen LogP contribution in [-0.2, 0) is 6.42 Å². The van der Waals surface area contributed by atoms with Gasteiger partial charge in [-0.15, -0.1) is 0 Å². The van der Waals surface area contributed by atoms with E-state index < -0.39 is 0 Å². The minimum atomic E-state index is -0.197. The van der Waals surface area contributed by atoms with Crippen LogP contribution in [0.4, 0.5) is 5.69 Å². The molecule has 144 valence electrons. The highest BCUT2D eigenvalue weighted by Gasteiger charge is 2.13. The molecule has 2 N–H and O–H groups in total. The third kappa shape index (κ3) is 3.47. The fourth-order valence-corrected chi connectivity index (χ4v) is 3.25. The van der Waals surface area contributed by atoms with Crippen LogP contribution in [0, 0.1) is 0 Å². The third-order valence-corrected chi connectivity index (χ3v) is 4.74. The molecule has 0 fully saturated rings. The summed E-state index contributed by atoms with van der Waals surface area (Å²) in [4.78, 5) is 25.0. The lowest BCUT2D eigenvalue weighted by molar-refractivity contribution is 0.102. The third-order valence-electron chi connectivity index (χ3n) is 4.74. The number of nitrogens with zero attached hydrogens (tertiary/aromatic N) is 4. The maximum absolute atomic E-state index is 12.7. The number of benzene rings is 1. The first-order valence-corrected chi connectivity index (χ1v) is 9.68. The quantitative estimate of drug-likeness (QED) is 0.519. The second-order valence-corrected chi connectivity index (χ2v) is 7.29. The Labute approximate surface area is 163 Å². The number of H-pyrrole nitrogens is 1. The van der Waals surface area contributed by atoms with Crippen molar-refractivity contribution in [1.82, 2.24) is 24.7 Å². The van der Waals surface area contributed by atoms with E-state index in [2.05, 4.69) is 32.3 Å². The van der Waals surface area contributed by atoms with E-state index in [1.54, 1.807) is 12.4 Å². The summed E-state index contributed by atoms with van der Waals surface area (Å²) in [7, 11) is 0. The Balaban J connectivity index is 1.55. The number of amides is 1. The predicted molar refractivity (Wildman–Crippen MR) is 111 cm³/mol. The lowest BCUT2D eigenvalue weighted by Crippen LogP contribution is -2.12. The summed E-state index contributed by atoms with van der Waals surface area (Å²) >= 11 is 0. The predicted octanol–water partition coefficient (Wildman–Crippen LogP) is 4.48. The number of hydrogen-bond donors (Lipinski definition) is 2. The molecule has 3 aromatic heterocycles. The summed E-state index contributed by atoms with van der Waals surface area (Å²) in [6.07, 6.45) is 6.51. The van der Waals surface area contributed by atoms with Gasteiger partial charge >= 0.3 is 0 Å². The average molecular weight is 376 g/mol. The van der Waals surface area contributed by atoms with Crippen molar-refractivity contribution in [2.75, 3.05) is 5.32 Å². The van der Waals surface area contributed by atoms with Gasteiger partial charge in [0.15, 0.2) is 5.65 Å². The number of aromatic amines is 1. The van der Waals surface area contributed by atoms with E-state index in [4.69, 9.17) is 0 Å². The minimum absolute atomic E-state index is 0.197. The number of aryl methyl sites for hydroxylation is 1. The maximum Gasteiger partial charge on any atom is 0.257 e. The van der Waals surface area contributed by atoms with Crippen LogP contribution >= 0.6 is 0 Å². The monoisotopic (exact) mass is 376 g/mol. The van der Waals surface area contributed by atoms with Crippen LogP contribution in [0.2, 0.25) is 0 Å². The summed E-state index contributed by atoms with van der Waals surface area (Å²) in [5.74, 6) is 0.786. The molecule has 4 aromatic rings. The number of rotatable bonds is 6. The summed E-state index contributed by atoms with van der Waals surface area (Å²) in [6.45, 7) is 6.26. The molecule has 0 atom stereocenters. The summed E-state index contributed by atoms with van der Waals surface area (Å²) in [5.41, 5.74) is 3.85. The van der Waals surface area contributed by atoms with Gasteiger partial charge in [0.2, 0.25) is 0 Å². The molecule has 0 aliphatic rings. The largest absolute Gasteiger partial charge is 0.342 e. The zero-order valence-electron chi connectivity index (χ0n) is 16.4. The van der Waals surface area contributed by atoms with Crippen molar-refractivity contribution in [3.8, 4) is 0 Å². The van der Waals surface area contributed by atoms with Crippen LogP contribution in [0.3, 0.4) is 0 Å². The zero-order chi connectivity index (χ0) is 19.7. The Morgan fingerprint density at radius 2 is 2.11 bits per heavy atom. The molecule has 4 rings (SSSR count). The lowest BCUT2D eigenvalue weighted by atomic mass is 10.2. The lowest BCUT2D eigenvalue weighted by Gasteiger charge is -2.07. The van der Waals surface area contributed by atoms with Gasteiger partial charge in [-0.05, 0) is 44.5 Å². The van der Waals surface area contributed by atoms with Crippen LogP contribution in [0.25, 0.3) is 22.1 Å². The van der Waals surface area contributed by atoms with E-state index in [1.165, 1.54) is 0 Å². The molecule has 1 aromatic carbocycles. The maximum atomic E-state index is 12.7. The summed E-state index contributed by atoms with van der Waals surface area (Å²) < 4.78 is 1.85. The molecule has 0 bridgehead atoms. The zero-order valence-corrected chi connectivity index (χ0v) is 16.4. The first-order valence-electron chi connectivity index (χ1n) is 9.68. The van der Waals surface area contributed by atoms with E-state index in [9.17, 15) is 4.79 Å². The van der Waals surface area contributed by atoms with Gasteiger partial charge in [0, 0.05) is 29.7 Å². The molecule has 28 heavy (non-hydrogen) atoms. The molecule has 0 unspecified atom stereocenters. The number of anilines is 1. The van der Waals surface area contributed by atoms with E-state index in [0.717, 1.165) is 52.8 Å². The molecule has 0 spiro atoms. The van der Waals surface area contributed by atoms with Gasteiger partial charge in [0.25, 0.3) is 5.91 Å². The highest BCUT2D eigenvalue weighted by atomic mass is 16.1. The van der Waals surface area contributed by atoms with Crippen molar-refractivity contribution in [3.63, 3.8) is 0 Å². The molecule has 7 heteroatoms. The molecular weight excluding hydrogens is 352 g/mol. The van der Waals surface area contributed by atoms with E-state index >= 15 is 0 Å². The number of nitrogens with one attached hydrogen (secondary N) is 2. The Morgan fingerprint density at radius 3 is 2.89 bits per heavy atom. The van der Waals surface area contributed by atoms with Crippen molar-refractivity contribution in [1.29, 1.82) is 0 Å². The Bertz CT molecular complexity index is 1140. The van der Waals surface area contributed by atoms with Gasteiger partial charge in [-0.2, -0.15) is 5.10 Å². The molecule has 3 heterocycles.